The highest BCUT2D eigenvalue weighted by Gasteiger charge is 2.20. The van der Waals surface area contributed by atoms with Crippen LogP contribution in [-0.2, 0) is 9.63 Å². The van der Waals surface area contributed by atoms with Crippen LogP contribution < -0.4 is 0 Å². The van der Waals surface area contributed by atoms with E-state index in [-0.39, 0.29) is 17.1 Å². The molecule has 0 aliphatic carbocycles. The smallest absolute Gasteiger partial charge is 0.309 e. The average Bonchev–Trinajstić information content (AvgIpc) is 2.89. The Hall–Kier alpha value is -3.51. The van der Waals surface area contributed by atoms with Crippen LogP contribution >= 0.6 is 11.8 Å². The molecule has 0 aliphatic rings. The van der Waals surface area contributed by atoms with E-state index < -0.39 is 11.8 Å². The fourth-order valence-corrected chi connectivity index (χ4v) is 4.07. The number of oxime groups is 1. The molecule has 0 heterocycles. The maximum Gasteiger partial charge on any atom is 0.405 e. The van der Waals surface area contributed by atoms with Crippen LogP contribution in [0.5, 0.6) is 0 Å². The third-order valence-electron chi connectivity index (χ3n) is 5.08. The molecule has 3 aromatic rings. The fraction of sp³-hybridized carbons (Fsp3) is 0.214. The minimum Gasteiger partial charge on any atom is -0.309 e. The molecule has 3 aromatic carbocycles. The molecule has 0 spiro atoms. The summed E-state index contributed by atoms with van der Waals surface area (Å²) in [6.45, 7) is 2.10. The predicted octanol–water partition coefficient (Wildman–Crippen LogP) is 6.77. The van der Waals surface area contributed by atoms with Gasteiger partial charge in [0.05, 0.1) is 0 Å². The van der Waals surface area contributed by atoms with Gasteiger partial charge in [-0.1, -0.05) is 91.6 Å². The van der Waals surface area contributed by atoms with Gasteiger partial charge >= 0.3 is 5.97 Å². The van der Waals surface area contributed by atoms with Crippen molar-refractivity contribution < 1.29 is 19.2 Å². The number of hydrogen-bond donors (Lipinski definition) is 0. The largest absolute Gasteiger partial charge is 0.405 e. The molecular weight excluding hydrogens is 446 g/mol. The molecule has 0 radical (unpaired) electrons. The molecule has 3 rings (SSSR count). The third-order valence-corrected chi connectivity index (χ3v) is 6.10. The van der Waals surface area contributed by atoms with Crippen molar-refractivity contribution in [3.8, 4) is 0 Å². The molecule has 0 atom stereocenters. The fourth-order valence-electron chi connectivity index (χ4n) is 3.23. The quantitative estimate of drug-likeness (QED) is 0.0724. The molecule has 5 nitrogen and oxygen atoms in total. The first-order valence-electron chi connectivity index (χ1n) is 11.3. The second-order valence-electron chi connectivity index (χ2n) is 7.69. The van der Waals surface area contributed by atoms with Crippen molar-refractivity contribution in [2.45, 2.75) is 48.8 Å². The molecule has 0 fully saturated rings. The lowest BCUT2D eigenvalue weighted by Crippen LogP contribution is -2.19. The van der Waals surface area contributed by atoms with Gasteiger partial charge in [-0.2, -0.15) is 0 Å². The predicted molar refractivity (Wildman–Crippen MR) is 134 cm³/mol. The second-order valence-corrected chi connectivity index (χ2v) is 8.84. The maximum absolute atomic E-state index is 13.1. The summed E-state index contributed by atoms with van der Waals surface area (Å²) in [6, 6.07) is 25.3. The highest BCUT2D eigenvalue weighted by molar-refractivity contribution is 7.99. The number of benzene rings is 3. The first-order chi connectivity index (χ1) is 16.6. The number of unbranched alkanes of at least 4 members (excludes halogenated alkanes) is 3. The minimum absolute atomic E-state index is 0.133. The molecule has 0 aliphatic heterocycles. The third kappa shape index (κ3) is 7.52. The van der Waals surface area contributed by atoms with E-state index in [1.165, 1.54) is 12.1 Å². The van der Waals surface area contributed by atoms with Gasteiger partial charge in [0.2, 0.25) is 5.78 Å². The van der Waals surface area contributed by atoms with E-state index in [1.807, 2.05) is 42.5 Å². The van der Waals surface area contributed by atoms with E-state index >= 15 is 0 Å². The summed E-state index contributed by atoms with van der Waals surface area (Å²) in [5.74, 6) is -2.23. The van der Waals surface area contributed by atoms with Crippen molar-refractivity contribution in [1.82, 2.24) is 0 Å². The van der Waals surface area contributed by atoms with Crippen molar-refractivity contribution in [1.29, 1.82) is 0 Å². The number of hydrogen-bond acceptors (Lipinski definition) is 6. The molecule has 0 saturated carbocycles. The second kappa shape index (κ2) is 13.3. The zero-order chi connectivity index (χ0) is 24.2. The SMILES string of the molecule is CCCCCCC(=NOC(=O)C(=O)c1ccccc1)C(=O)c1ccc(Sc2ccccc2)cc1. The van der Waals surface area contributed by atoms with E-state index in [9.17, 15) is 14.4 Å². The van der Waals surface area contributed by atoms with Crippen LogP contribution in [0.1, 0.15) is 59.7 Å². The van der Waals surface area contributed by atoms with Gasteiger partial charge in [-0.05, 0) is 49.2 Å². The van der Waals surface area contributed by atoms with Crippen molar-refractivity contribution in [3.63, 3.8) is 0 Å². The monoisotopic (exact) mass is 473 g/mol. The Morgan fingerprint density at radius 2 is 1.29 bits per heavy atom. The highest BCUT2D eigenvalue weighted by atomic mass is 32.2. The van der Waals surface area contributed by atoms with E-state index in [1.54, 1.807) is 42.1 Å². The topological polar surface area (TPSA) is 72.8 Å². The van der Waals surface area contributed by atoms with E-state index in [0.717, 1.165) is 35.5 Å². The number of ketones is 2. The van der Waals surface area contributed by atoms with Crippen molar-refractivity contribution in [3.05, 3.63) is 96.1 Å². The van der Waals surface area contributed by atoms with Gasteiger partial charge in [0.25, 0.3) is 5.78 Å². The Labute approximate surface area is 204 Å². The lowest BCUT2D eigenvalue weighted by Gasteiger charge is -2.07. The van der Waals surface area contributed by atoms with Gasteiger partial charge in [-0.15, -0.1) is 0 Å². The summed E-state index contributed by atoms with van der Waals surface area (Å²) in [6.07, 6.45) is 4.14. The van der Waals surface area contributed by atoms with Gasteiger partial charge in [0, 0.05) is 20.9 Å². The molecule has 0 N–H and O–H groups in total. The van der Waals surface area contributed by atoms with Gasteiger partial charge in [-0.3, -0.25) is 9.59 Å². The van der Waals surface area contributed by atoms with Crippen molar-refractivity contribution in [2.24, 2.45) is 5.16 Å². The summed E-state index contributed by atoms with van der Waals surface area (Å²) in [5, 5.41) is 3.83. The summed E-state index contributed by atoms with van der Waals surface area (Å²) in [5.41, 5.74) is 0.802. The van der Waals surface area contributed by atoms with Gasteiger partial charge < -0.3 is 4.84 Å². The Morgan fingerprint density at radius 1 is 0.706 bits per heavy atom. The molecule has 0 saturated heterocycles. The van der Waals surface area contributed by atoms with Crippen molar-refractivity contribution in [2.75, 3.05) is 0 Å². The average molecular weight is 474 g/mol. The van der Waals surface area contributed by atoms with E-state index in [0.29, 0.717) is 12.0 Å². The lowest BCUT2D eigenvalue weighted by molar-refractivity contribution is -0.138. The minimum atomic E-state index is -1.11. The molecule has 0 unspecified atom stereocenters. The molecule has 0 aromatic heterocycles. The number of nitrogens with zero attached hydrogens (tertiary/aromatic N) is 1. The molecule has 6 heteroatoms. The van der Waals surface area contributed by atoms with E-state index in [2.05, 4.69) is 12.1 Å². The number of carbonyl (C=O) groups excluding carboxylic acids is 3. The highest BCUT2D eigenvalue weighted by Crippen LogP contribution is 2.27. The van der Waals surface area contributed by atoms with Crippen LogP contribution in [-0.4, -0.2) is 23.2 Å². The lowest BCUT2D eigenvalue weighted by atomic mass is 10.0. The Morgan fingerprint density at radius 3 is 1.94 bits per heavy atom. The number of Topliss-reactive ketones (excluding diaryl/α,β-unsaturated/α-hetero) is 2. The molecule has 34 heavy (non-hydrogen) atoms. The standard InChI is InChI=1S/C28H27NO4S/c1-2-3-4-11-16-25(29-33-28(32)27(31)21-12-7-5-8-13-21)26(30)22-17-19-24(20-18-22)34-23-14-9-6-10-15-23/h5-10,12-15,17-20H,2-4,11,16H2,1H3. The van der Waals surface area contributed by atoms with Gasteiger partial charge in [0.15, 0.2) is 0 Å². The molecule has 0 amide bonds. The van der Waals surface area contributed by atoms with Crippen LogP contribution in [0.2, 0.25) is 0 Å². The zero-order valence-corrected chi connectivity index (χ0v) is 19.9. The van der Waals surface area contributed by atoms with E-state index in [4.69, 9.17) is 4.84 Å². The number of carbonyl (C=O) groups is 3. The summed E-state index contributed by atoms with van der Waals surface area (Å²) >= 11 is 1.60. The Bertz CT molecular complexity index is 1130. The van der Waals surface area contributed by atoms with Crippen LogP contribution in [0, 0.1) is 0 Å². The van der Waals surface area contributed by atoms with Crippen molar-refractivity contribution >= 4 is 35.0 Å². The van der Waals surface area contributed by atoms with Crippen LogP contribution in [0.4, 0.5) is 0 Å². The van der Waals surface area contributed by atoms with Crippen LogP contribution in [0.15, 0.2) is 99.9 Å². The zero-order valence-electron chi connectivity index (χ0n) is 19.1. The molecular formula is C28H27NO4S. The maximum atomic E-state index is 13.1. The number of rotatable bonds is 12. The Balaban J connectivity index is 1.71. The summed E-state index contributed by atoms with van der Waals surface area (Å²) in [7, 11) is 0. The molecule has 174 valence electrons. The van der Waals surface area contributed by atoms with Crippen LogP contribution in [0.25, 0.3) is 0 Å². The first kappa shape index (κ1) is 25.1. The van der Waals surface area contributed by atoms with Gasteiger partial charge in [0.1, 0.15) is 5.71 Å². The normalized spacial score (nSPS) is 11.1. The van der Waals surface area contributed by atoms with Gasteiger partial charge in [-0.25, -0.2) is 4.79 Å². The first-order valence-corrected chi connectivity index (χ1v) is 12.2. The van der Waals surface area contributed by atoms with Crippen LogP contribution in [0.3, 0.4) is 0 Å². The molecule has 0 bridgehead atoms. The summed E-state index contributed by atoms with van der Waals surface area (Å²) in [4.78, 5) is 44.6. The summed E-state index contributed by atoms with van der Waals surface area (Å²) < 4.78 is 0. The Kier molecular flexibility index (Phi) is 9.80.